The number of hydrogen-bond acceptors (Lipinski definition) is 7. The third-order valence-electron chi connectivity index (χ3n) is 5.45. The number of nitrogens with zero attached hydrogens (tertiary/aromatic N) is 5. The molecule has 0 saturated carbocycles. The average Bonchev–Trinajstić information content (AvgIpc) is 3.25. The molecule has 1 aromatic carbocycles. The van der Waals surface area contributed by atoms with E-state index < -0.39 is 10.5 Å². The zero-order valence-electron chi connectivity index (χ0n) is 16.8. The predicted molar refractivity (Wildman–Crippen MR) is 108 cm³/mol. The van der Waals surface area contributed by atoms with E-state index in [1.165, 1.54) is 18.3 Å². The van der Waals surface area contributed by atoms with E-state index >= 15 is 0 Å². The molecule has 0 bridgehead atoms. The van der Waals surface area contributed by atoms with Gasteiger partial charge in [0, 0.05) is 37.1 Å². The van der Waals surface area contributed by atoms with Crippen LogP contribution in [0.2, 0.25) is 0 Å². The number of aromatic nitrogens is 3. The number of nitro groups is 1. The molecule has 1 unspecified atom stereocenters. The predicted octanol–water partition coefficient (Wildman–Crippen LogP) is 3.33. The van der Waals surface area contributed by atoms with Gasteiger partial charge in [-0.05, 0) is 41.7 Å². The van der Waals surface area contributed by atoms with Gasteiger partial charge in [-0.25, -0.2) is 9.37 Å². The fourth-order valence-electron chi connectivity index (χ4n) is 4.11. The van der Waals surface area contributed by atoms with Gasteiger partial charge in [-0.3, -0.25) is 9.47 Å². The smallest absolute Gasteiger partial charge is 0.415 e. The molecule has 3 aromatic rings. The first-order chi connectivity index (χ1) is 14.9. The molecular formula is C21H20FN5O4. The van der Waals surface area contributed by atoms with Gasteiger partial charge in [0.1, 0.15) is 23.4 Å². The molecule has 1 atom stereocenters. The van der Waals surface area contributed by atoms with Gasteiger partial charge < -0.3 is 19.6 Å². The van der Waals surface area contributed by atoms with Crippen molar-refractivity contribution in [3.63, 3.8) is 0 Å². The SMILES string of the molecule is CC1(CN2CCc3nc(Oc4ccc(F)cc4)ccc3C2)Cn2cc([N+](=O)[O-])nc2O1. The molecule has 160 valence electrons. The number of halogens is 1. The minimum Gasteiger partial charge on any atom is -0.439 e. The molecule has 5 rings (SSSR count). The van der Waals surface area contributed by atoms with Gasteiger partial charge in [0.15, 0.2) is 0 Å². The van der Waals surface area contributed by atoms with Crippen molar-refractivity contribution in [1.82, 2.24) is 19.4 Å². The average molecular weight is 425 g/mol. The highest BCUT2D eigenvalue weighted by atomic mass is 19.1. The molecule has 4 heterocycles. The summed E-state index contributed by atoms with van der Waals surface area (Å²) in [5, 5.41) is 10.9. The number of hydrogen-bond donors (Lipinski definition) is 0. The largest absolute Gasteiger partial charge is 0.439 e. The Balaban J connectivity index is 1.23. The van der Waals surface area contributed by atoms with E-state index in [1.54, 1.807) is 16.7 Å². The monoisotopic (exact) mass is 425 g/mol. The molecule has 0 saturated heterocycles. The van der Waals surface area contributed by atoms with Crippen LogP contribution >= 0.6 is 0 Å². The highest BCUT2D eigenvalue weighted by Crippen LogP contribution is 2.33. The number of fused-ring (bicyclic) bond motifs is 2. The molecule has 0 aliphatic carbocycles. The first kappa shape index (κ1) is 19.4. The van der Waals surface area contributed by atoms with Crippen molar-refractivity contribution in [3.8, 4) is 17.6 Å². The van der Waals surface area contributed by atoms with Crippen LogP contribution in [0.25, 0.3) is 0 Å². The molecule has 2 aliphatic rings. The van der Waals surface area contributed by atoms with Crippen LogP contribution in [-0.4, -0.2) is 43.0 Å². The summed E-state index contributed by atoms with van der Waals surface area (Å²) in [7, 11) is 0. The van der Waals surface area contributed by atoms with Crippen molar-refractivity contribution >= 4 is 5.82 Å². The zero-order valence-corrected chi connectivity index (χ0v) is 16.8. The van der Waals surface area contributed by atoms with E-state index in [9.17, 15) is 14.5 Å². The lowest BCUT2D eigenvalue weighted by atomic mass is 10.0. The van der Waals surface area contributed by atoms with Gasteiger partial charge in [0.05, 0.1) is 12.2 Å². The molecule has 2 aromatic heterocycles. The molecule has 0 fully saturated rings. The maximum atomic E-state index is 13.1. The molecule has 31 heavy (non-hydrogen) atoms. The third kappa shape index (κ3) is 3.93. The Hall–Kier alpha value is -3.53. The second kappa shape index (κ2) is 7.31. The van der Waals surface area contributed by atoms with Crippen LogP contribution in [0.4, 0.5) is 10.2 Å². The first-order valence-corrected chi connectivity index (χ1v) is 9.92. The number of rotatable bonds is 5. The summed E-state index contributed by atoms with van der Waals surface area (Å²) in [5.74, 6) is 0.508. The molecule has 0 amide bonds. The molecule has 0 radical (unpaired) electrons. The Morgan fingerprint density at radius 1 is 1.26 bits per heavy atom. The van der Waals surface area contributed by atoms with Crippen LogP contribution < -0.4 is 9.47 Å². The van der Waals surface area contributed by atoms with Crippen LogP contribution in [0.5, 0.6) is 17.6 Å². The van der Waals surface area contributed by atoms with E-state index in [4.69, 9.17) is 9.47 Å². The zero-order chi connectivity index (χ0) is 21.6. The Labute approximate surface area is 177 Å². The molecular weight excluding hydrogens is 405 g/mol. The maximum Gasteiger partial charge on any atom is 0.415 e. The summed E-state index contributed by atoms with van der Waals surface area (Å²) in [4.78, 5) is 21.2. The summed E-state index contributed by atoms with van der Waals surface area (Å²) in [6.45, 7) is 4.69. The minimum absolute atomic E-state index is 0.200. The third-order valence-corrected chi connectivity index (χ3v) is 5.45. The van der Waals surface area contributed by atoms with E-state index in [-0.39, 0.29) is 17.6 Å². The van der Waals surface area contributed by atoms with Crippen LogP contribution in [0.1, 0.15) is 18.2 Å². The van der Waals surface area contributed by atoms with Gasteiger partial charge in [-0.2, -0.15) is 0 Å². The Morgan fingerprint density at radius 2 is 2.06 bits per heavy atom. The number of pyridine rings is 1. The van der Waals surface area contributed by atoms with Gasteiger partial charge in [0.2, 0.25) is 5.88 Å². The van der Waals surface area contributed by atoms with Crippen molar-refractivity contribution in [3.05, 3.63) is 69.8 Å². The minimum atomic E-state index is -0.519. The summed E-state index contributed by atoms with van der Waals surface area (Å²) >= 11 is 0. The van der Waals surface area contributed by atoms with Crippen LogP contribution in [0.3, 0.4) is 0 Å². The van der Waals surface area contributed by atoms with Crippen LogP contribution in [0.15, 0.2) is 42.6 Å². The maximum absolute atomic E-state index is 13.1. The van der Waals surface area contributed by atoms with E-state index in [0.717, 1.165) is 30.8 Å². The summed E-state index contributed by atoms with van der Waals surface area (Å²) in [5.41, 5.74) is 1.60. The van der Waals surface area contributed by atoms with E-state index in [2.05, 4.69) is 14.9 Å². The first-order valence-electron chi connectivity index (χ1n) is 9.92. The van der Waals surface area contributed by atoms with Gasteiger partial charge >= 0.3 is 11.8 Å². The summed E-state index contributed by atoms with van der Waals surface area (Å²) in [6.07, 6.45) is 2.18. The number of ether oxygens (including phenoxy) is 2. The number of imidazole rings is 1. The Kier molecular flexibility index (Phi) is 4.58. The summed E-state index contributed by atoms with van der Waals surface area (Å²) in [6, 6.07) is 9.94. The molecule has 9 nitrogen and oxygen atoms in total. The molecule has 10 heteroatoms. The van der Waals surface area contributed by atoms with E-state index in [0.29, 0.717) is 24.7 Å². The van der Waals surface area contributed by atoms with Gasteiger partial charge in [-0.15, -0.1) is 0 Å². The highest BCUT2D eigenvalue weighted by molar-refractivity contribution is 5.32. The second-order valence-corrected chi connectivity index (χ2v) is 8.09. The lowest BCUT2D eigenvalue weighted by molar-refractivity contribution is -0.389. The van der Waals surface area contributed by atoms with Crippen molar-refractivity contribution in [2.75, 3.05) is 13.1 Å². The van der Waals surface area contributed by atoms with Crippen molar-refractivity contribution in [2.45, 2.75) is 32.0 Å². The van der Waals surface area contributed by atoms with Gasteiger partial charge in [-0.1, -0.05) is 6.07 Å². The van der Waals surface area contributed by atoms with E-state index in [1.807, 2.05) is 19.1 Å². The molecule has 0 N–H and O–H groups in total. The lowest BCUT2D eigenvalue weighted by Crippen LogP contribution is -2.46. The van der Waals surface area contributed by atoms with Crippen molar-refractivity contribution < 1.29 is 18.8 Å². The normalized spacial score (nSPS) is 20.1. The fraction of sp³-hybridized carbons (Fsp3) is 0.333. The topological polar surface area (TPSA) is 95.6 Å². The standard InChI is InChI=1S/C21H20FN5O4/c1-21(13-26-11-18(27(28)29)24-20(26)31-21)12-25-9-8-17-14(10-25)2-7-19(23-17)30-16-5-3-15(22)4-6-16/h2-7,11H,8-10,12-13H2,1H3. The number of benzene rings is 1. The molecule has 0 spiro atoms. The Morgan fingerprint density at radius 3 is 2.81 bits per heavy atom. The molecule has 2 aliphatic heterocycles. The van der Waals surface area contributed by atoms with Gasteiger partial charge in [0.25, 0.3) is 0 Å². The highest BCUT2D eigenvalue weighted by Gasteiger charge is 2.41. The van der Waals surface area contributed by atoms with Crippen molar-refractivity contribution in [2.24, 2.45) is 0 Å². The quantitative estimate of drug-likeness (QED) is 0.457. The van der Waals surface area contributed by atoms with Crippen LogP contribution in [0, 0.1) is 15.9 Å². The summed E-state index contributed by atoms with van der Waals surface area (Å²) < 4.78 is 26.4. The van der Waals surface area contributed by atoms with Crippen molar-refractivity contribution in [1.29, 1.82) is 0 Å². The fourth-order valence-corrected chi connectivity index (χ4v) is 4.11. The Bertz CT molecular complexity index is 1120. The second-order valence-electron chi connectivity index (χ2n) is 8.09. The van der Waals surface area contributed by atoms with Crippen LogP contribution in [-0.2, 0) is 19.5 Å². The lowest BCUT2D eigenvalue weighted by Gasteiger charge is -2.34.